The molecule has 0 unspecified atom stereocenters. The minimum Gasteiger partial charge on any atom is -0.310 e. The van der Waals surface area contributed by atoms with Crippen molar-refractivity contribution in [2.45, 2.75) is 39.5 Å². The van der Waals surface area contributed by atoms with E-state index in [0.717, 1.165) is 25.7 Å². The average Bonchev–Trinajstić information content (AvgIpc) is 3.10. The number of benzene rings is 6. The van der Waals surface area contributed by atoms with Crippen molar-refractivity contribution in [3.63, 3.8) is 0 Å². The lowest BCUT2D eigenvalue weighted by molar-refractivity contribution is 0.875. The third kappa shape index (κ3) is 5.07. The van der Waals surface area contributed by atoms with Crippen LogP contribution in [0.1, 0.15) is 36.1 Å². The van der Waals surface area contributed by atoms with Crippen LogP contribution in [0.2, 0.25) is 0 Å². The van der Waals surface area contributed by atoms with Crippen LogP contribution in [-0.4, -0.2) is 0 Å². The SMILES string of the molecule is CC.c1ccc(N(c2ccccc2)c2cc3c4c(c2)CCc2cc(N(c5ccccc5)c5ccccc5)cc(c2-4)CC3)cc1. The van der Waals surface area contributed by atoms with Crippen molar-refractivity contribution >= 4 is 34.1 Å². The average molecular weight is 571 g/mol. The van der Waals surface area contributed by atoms with Crippen LogP contribution >= 0.6 is 0 Å². The fourth-order valence-electron chi connectivity index (χ4n) is 6.93. The predicted molar refractivity (Wildman–Crippen MR) is 187 cm³/mol. The first kappa shape index (κ1) is 27.7. The lowest BCUT2D eigenvalue weighted by Crippen LogP contribution is -2.18. The number of aryl methyl sites for hydroxylation is 4. The molecule has 44 heavy (non-hydrogen) atoms. The van der Waals surface area contributed by atoms with E-state index >= 15 is 0 Å². The topological polar surface area (TPSA) is 6.48 Å². The summed E-state index contributed by atoms with van der Waals surface area (Å²) in [7, 11) is 0. The zero-order valence-electron chi connectivity index (χ0n) is 25.6. The summed E-state index contributed by atoms with van der Waals surface area (Å²) in [6.45, 7) is 4.00. The van der Waals surface area contributed by atoms with Gasteiger partial charge in [0, 0.05) is 34.1 Å². The lowest BCUT2D eigenvalue weighted by atomic mass is 9.75. The third-order valence-corrected chi connectivity index (χ3v) is 8.72. The molecule has 8 rings (SSSR count). The standard InChI is InChI=1S/C40H32N2.C2H6/c1-5-13-33(14-6-1)41(34-15-7-2-8-16-34)37-25-29-21-23-31-27-38(28-32-24-22-30(26-37)39(29)40(31)32)42(35-17-9-3-10-18-35)36-19-11-4-12-20-36;1-2/h1-20,25-28H,21-24H2;1-2H3. The van der Waals surface area contributed by atoms with Crippen molar-refractivity contribution in [2.75, 3.05) is 9.80 Å². The third-order valence-electron chi connectivity index (χ3n) is 8.72. The van der Waals surface area contributed by atoms with E-state index in [2.05, 4.69) is 155 Å². The molecule has 0 amide bonds. The first-order valence-electron chi connectivity index (χ1n) is 16.0. The van der Waals surface area contributed by atoms with Gasteiger partial charge < -0.3 is 9.80 Å². The Kier molecular flexibility index (Phi) is 7.73. The molecule has 0 fully saturated rings. The molecule has 216 valence electrons. The number of para-hydroxylation sites is 4. The van der Waals surface area contributed by atoms with E-state index in [4.69, 9.17) is 0 Å². The van der Waals surface area contributed by atoms with E-state index < -0.39 is 0 Å². The van der Waals surface area contributed by atoms with Crippen LogP contribution in [0, 0.1) is 0 Å². The summed E-state index contributed by atoms with van der Waals surface area (Å²) in [4.78, 5) is 4.81. The van der Waals surface area contributed by atoms with Gasteiger partial charge in [-0.1, -0.05) is 86.6 Å². The van der Waals surface area contributed by atoms with E-state index in [1.54, 1.807) is 0 Å². The van der Waals surface area contributed by atoms with Crippen LogP contribution in [0.4, 0.5) is 34.1 Å². The van der Waals surface area contributed by atoms with Crippen LogP contribution in [0.3, 0.4) is 0 Å². The molecule has 0 N–H and O–H groups in total. The second-order valence-electron chi connectivity index (χ2n) is 11.3. The van der Waals surface area contributed by atoms with E-state index in [0.29, 0.717) is 0 Å². The summed E-state index contributed by atoms with van der Waals surface area (Å²) in [5.41, 5.74) is 16.1. The fraction of sp³-hybridized carbons (Fsp3) is 0.143. The van der Waals surface area contributed by atoms with Gasteiger partial charge in [0.2, 0.25) is 0 Å². The number of hydrogen-bond donors (Lipinski definition) is 0. The highest BCUT2D eigenvalue weighted by Gasteiger charge is 2.29. The molecule has 2 heteroatoms. The Hall–Kier alpha value is -5.08. The molecule has 0 heterocycles. The summed E-state index contributed by atoms with van der Waals surface area (Å²) in [5.74, 6) is 0. The highest BCUT2D eigenvalue weighted by Crippen LogP contribution is 2.48. The van der Waals surface area contributed by atoms with Gasteiger partial charge in [-0.15, -0.1) is 0 Å². The Morgan fingerprint density at radius 3 is 0.773 bits per heavy atom. The van der Waals surface area contributed by atoms with E-state index in [1.165, 1.54) is 67.5 Å². The predicted octanol–water partition coefficient (Wildman–Crippen LogP) is 11.5. The molecule has 0 saturated heterocycles. The number of hydrogen-bond acceptors (Lipinski definition) is 2. The summed E-state index contributed by atoms with van der Waals surface area (Å²) in [5, 5.41) is 0. The second-order valence-corrected chi connectivity index (χ2v) is 11.3. The van der Waals surface area contributed by atoms with Gasteiger partial charge in [-0.25, -0.2) is 0 Å². The second kappa shape index (κ2) is 12.3. The molecule has 2 nitrogen and oxygen atoms in total. The number of nitrogens with zero attached hydrogens (tertiary/aromatic N) is 2. The summed E-state index contributed by atoms with van der Waals surface area (Å²) < 4.78 is 0. The van der Waals surface area contributed by atoms with Gasteiger partial charge >= 0.3 is 0 Å². The zero-order valence-corrected chi connectivity index (χ0v) is 25.6. The molecule has 0 radical (unpaired) electrons. The Morgan fingerprint density at radius 2 is 0.545 bits per heavy atom. The Labute approximate surface area is 261 Å². The van der Waals surface area contributed by atoms with Crippen molar-refractivity contribution in [1.29, 1.82) is 0 Å². The lowest BCUT2D eigenvalue weighted by Gasteiger charge is -2.34. The minimum absolute atomic E-state index is 1.06. The Bertz CT molecular complexity index is 1590. The van der Waals surface area contributed by atoms with Gasteiger partial charge in [0.25, 0.3) is 0 Å². The van der Waals surface area contributed by atoms with Crippen molar-refractivity contribution in [3.05, 3.63) is 168 Å². The quantitative estimate of drug-likeness (QED) is 0.196. The summed E-state index contributed by atoms with van der Waals surface area (Å²) in [6.07, 6.45) is 4.22. The minimum atomic E-state index is 1.06. The maximum atomic E-state index is 2.45. The van der Waals surface area contributed by atoms with E-state index in [1.807, 2.05) is 13.8 Å². The molecule has 2 aliphatic carbocycles. The van der Waals surface area contributed by atoms with Crippen LogP contribution in [0.5, 0.6) is 0 Å². The molecule has 0 saturated carbocycles. The largest absolute Gasteiger partial charge is 0.310 e. The molecule has 0 atom stereocenters. The van der Waals surface area contributed by atoms with Crippen LogP contribution in [-0.2, 0) is 25.7 Å². The van der Waals surface area contributed by atoms with E-state index in [-0.39, 0.29) is 0 Å². The van der Waals surface area contributed by atoms with Crippen molar-refractivity contribution in [2.24, 2.45) is 0 Å². The molecular formula is C42H38N2. The number of rotatable bonds is 6. The highest BCUT2D eigenvalue weighted by molar-refractivity contribution is 5.88. The Morgan fingerprint density at radius 1 is 0.318 bits per heavy atom. The van der Waals surface area contributed by atoms with Crippen molar-refractivity contribution in [3.8, 4) is 11.1 Å². The molecule has 0 aliphatic heterocycles. The Balaban J connectivity index is 0.00000153. The zero-order chi connectivity index (χ0) is 29.9. The molecule has 0 spiro atoms. The normalized spacial score (nSPS) is 12.4. The summed E-state index contributed by atoms with van der Waals surface area (Å²) in [6, 6.07) is 52.8. The van der Waals surface area contributed by atoms with Gasteiger partial charge in [0.15, 0.2) is 0 Å². The smallest absolute Gasteiger partial charge is 0.0467 e. The molecule has 6 aromatic carbocycles. The maximum absolute atomic E-state index is 2.45. The van der Waals surface area contributed by atoms with Gasteiger partial charge in [-0.2, -0.15) is 0 Å². The molecule has 2 aliphatic rings. The van der Waals surface area contributed by atoms with Gasteiger partial charge in [0.05, 0.1) is 0 Å². The first-order chi connectivity index (χ1) is 21.8. The van der Waals surface area contributed by atoms with Gasteiger partial charge in [-0.05, 0) is 132 Å². The molecule has 0 bridgehead atoms. The van der Waals surface area contributed by atoms with E-state index in [9.17, 15) is 0 Å². The van der Waals surface area contributed by atoms with Gasteiger partial charge in [0.1, 0.15) is 0 Å². The van der Waals surface area contributed by atoms with Gasteiger partial charge in [-0.3, -0.25) is 0 Å². The molecule has 6 aromatic rings. The maximum Gasteiger partial charge on any atom is 0.0467 e. The van der Waals surface area contributed by atoms with Crippen LogP contribution in [0.25, 0.3) is 11.1 Å². The molecule has 0 aromatic heterocycles. The highest BCUT2D eigenvalue weighted by atomic mass is 15.1. The van der Waals surface area contributed by atoms with Crippen molar-refractivity contribution in [1.82, 2.24) is 0 Å². The van der Waals surface area contributed by atoms with Crippen molar-refractivity contribution < 1.29 is 0 Å². The monoisotopic (exact) mass is 570 g/mol. The molecular weight excluding hydrogens is 532 g/mol. The summed E-state index contributed by atoms with van der Waals surface area (Å²) >= 11 is 0. The van der Waals surface area contributed by atoms with Crippen LogP contribution in [0.15, 0.2) is 146 Å². The number of anilines is 6. The first-order valence-corrected chi connectivity index (χ1v) is 16.0. The van der Waals surface area contributed by atoms with Crippen LogP contribution < -0.4 is 9.80 Å². The fourth-order valence-corrected chi connectivity index (χ4v) is 6.93.